The Hall–Kier alpha value is -0.960. The summed E-state index contributed by atoms with van der Waals surface area (Å²) in [6, 6.07) is 3.39. The van der Waals surface area contributed by atoms with E-state index >= 15 is 0 Å². The summed E-state index contributed by atoms with van der Waals surface area (Å²) in [4.78, 5) is 2.09. The Morgan fingerprint density at radius 1 is 1.29 bits per heavy atom. The van der Waals surface area contributed by atoms with Crippen LogP contribution in [0.25, 0.3) is 0 Å². The van der Waals surface area contributed by atoms with Crippen molar-refractivity contribution < 1.29 is 4.39 Å². The van der Waals surface area contributed by atoms with E-state index in [9.17, 15) is 4.39 Å². The van der Waals surface area contributed by atoms with Crippen LogP contribution in [-0.4, -0.2) is 13.1 Å². The Bertz CT molecular complexity index is 403. The number of nitrogens with two attached hydrogens (primary N) is 1. The second-order valence-corrected chi connectivity index (χ2v) is 5.14. The molecule has 1 aromatic rings. The number of anilines is 2. The third-order valence-electron chi connectivity index (χ3n) is 3.57. The highest BCUT2D eigenvalue weighted by molar-refractivity contribution is 6.31. The van der Waals surface area contributed by atoms with Crippen molar-refractivity contribution in [1.29, 1.82) is 0 Å². The van der Waals surface area contributed by atoms with Crippen molar-refractivity contribution in [1.82, 2.24) is 0 Å². The lowest BCUT2D eigenvalue weighted by atomic mass is 9.94. The number of nitrogen functional groups attached to an aromatic ring is 1. The van der Waals surface area contributed by atoms with Gasteiger partial charge in [-0.05, 0) is 18.9 Å². The van der Waals surface area contributed by atoms with Gasteiger partial charge in [-0.1, -0.05) is 30.9 Å². The highest BCUT2D eigenvalue weighted by atomic mass is 35.5. The molecule has 4 heteroatoms. The van der Waals surface area contributed by atoms with E-state index in [2.05, 4.69) is 4.90 Å². The normalized spacial score (nSPS) is 17.1. The lowest BCUT2D eigenvalue weighted by molar-refractivity contribution is 0.427. The molecule has 0 spiro atoms. The summed E-state index contributed by atoms with van der Waals surface area (Å²) in [5.74, 6) is -0.404. The first-order valence-corrected chi connectivity index (χ1v) is 6.44. The molecule has 0 aliphatic heterocycles. The number of hydrogen-bond acceptors (Lipinski definition) is 2. The van der Waals surface area contributed by atoms with Crippen LogP contribution in [0.3, 0.4) is 0 Å². The number of benzene rings is 1. The van der Waals surface area contributed by atoms with Crippen LogP contribution in [-0.2, 0) is 0 Å². The molecule has 1 saturated carbocycles. The number of halogens is 2. The van der Waals surface area contributed by atoms with Crippen molar-refractivity contribution in [2.75, 3.05) is 17.7 Å². The molecule has 2 nitrogen and oxygen atoms in total. The average Bonchev–Trinajstić information content (AvgIpc) is 2.34. The van der Waals surface area contributed by atoms with Gasteiger partial charge in [-0.25, -0.2) is 4.39 Å². The molecule has 0 saturated heterocycles. The van der Waals surface area contributed by atoms with E-state index in [0.29, 0.717) is 11.7 Å². The fourth-order valence-corrected chi connectivity index (χ4v) is 2.69. The van der Waals surface area contributed by atoms with E-state index in [-0.39, 0.29) is 5.02 Å². The summed E-state index contributed by atoms with van der Waals surface area (Å²) in [5.41, 5.74) is 7.20. The predicted octanol–water partition coefficient (Wildman–Crippen LogP) is 3.83. The third kappa shape index (κ3) is 2.65. The summed E-state index contributed by atoms with van der Waals surface area (Å²) >= 11 is 5.70. The van der Waals surface area contributed by atoms with Crippen LogP contribution in [0.2, 0.25) is 5.02 Å². The van der Waals surface area contributed by atoms with Crippen molar-refractivity contribution in [2.45, 2.75) is 38.1 Å². The molecule has 1 fully saturated rings. The molecule has 0 heterocycles. The molecule has 94 valence electrons. The first-order valence-electron chi connectivity index (χ1n) is 6.07. The Kier molecular flexibility index (Phi) is 3.77. The monoisotopic (exact) mass is 256 g/mol. The predicted molar refractivity (Wildman–Crippen MR) is 71.1 cm³/mol. The Morgan fingerprint density at radius 3 is 2.59 bits per heavy atom. The first kappa shape index (κ1) is 12.5. The molecule has 0 atom stereocenters. The van der Waals surface area contributed by atoms with Crippen LogP contribution >= 0.6 is 11.6 Å². The van der Waals surface area contributed by atoms with Crippen molar-refractivity contribution in [2.24, 2.45) is 0 Å². The van der Waals surface area contributed by atoms with Crippen molar-refractivity contribution in [3.8, 4) is 0 Å². The molecule has 1 aromatic carbocycles. The van der Waals surface area contributed by atoms with Crippen LogP contribution in [0.15, 0.2) is 12.1 Å². The Balaban J connectivity index is 2.23. The Morgan fingerprint density at radius 2 is 1.94 bits per heavy atom. The highest BCUT2D eigenvalue weighted by Crippen LogP contribution is 2.32. The SMILES string of the molecule is CN(c1cc(F)c(Cl)cc1N)C1CCCCC1. The van der Waals surface area contributed by atoms with Gasteiger partial charge in [-0.3, -0.25) is 0 Å². The highest BCUT2D eigenvalue weighted by Gasteiger charge is 2.20. The van der Waals surface area contributed by atoms with Gasteiger partial charge in [0, 0.05) is 19.2 Å². The van der Waals surface area contributed by atoms with Gasteiger partial charge in [-0.2, -0.15) is 0 Å². The van der Waals surface area contributed by atoms with E-state index in [1.165, 1.54) is 31.4 Å². The van der Waals surface area contributed by atoms with Gasteiger partial charge >= 0.3 is 0 Å². The van der Waals surface area contributed by atoms with Crippen LogP contribution in [0.5, 0.6) is 0 Å². The molecule has 0 bridgehead atoms. The maximum absolute atomic E-state index is 13.5. The fraction of sp³-hybridized carbons (Fsp3) is 0.538. The number of rotatable bonds is 2. The van der Waals surface area contributed by atoms with Crippen LogP contribution < -0.4 is 10.6 Å². The Labute approximate surface area is 107 Å². The topological polar surface area (TPSA) is 29.3 Å². The van der Waals surface area contributed by atoms with Gasteiger partial charge in [0.15, 0.2) is 0 Å². The third-order valence-corrected chi connectivity index (χ3v) is 3.86. The molecule has 0 unspecified atom stereocenters. The average molecular weight is 257 g/mol. The van der Waals surface area contributed by atoms with Crippen molar-refractivity contribution in [3.05, 3.63) is 23.0 Å². The van der Waals surface area contributed by atoms with Gasteiger partial charge in [-0.15, -0.1) is 0 Å². The number of hydrogen-bond donors (Lipinski definition) is 1. The number of nitrogens with zero attached hydrogens (tertiary/aromatic N) is 1. The van der Waals surface area contributed by atoms with Gasteiger partial charge in [0.2, 0.25) is 0 Å². The fourth-order valence-electron chi connectivity index (χ4n) is 2.52. The molecule has 0 aromatic heterocycles. The zero-order valence-electron chi connectivity index (χ0n) is 10.0. The molecule has 1 aliphatic rings. The second kappa shape index (κ2) is 5.13. The van der Waals surface area contributed by atoms with E-state index < -0.39 is 5.82 Å². The summed E-state index contributed by atoms with van der Waals surface area (Å²) in [7, 11) is 1.98. The van der Waals surface area contributed by atoms with E-state index in [1.54, 1.807) is 0 Å². The summed E-state index contributed by atoms with van der Waals surface area (Å²) < 4.78 is 13.5. The zero-order chi connectivity index (χ0) is 12.4. The van der Waals surface area contributed by atoms with Crippen LogP contribution in [0, 0.1) is 5.82 Å². The van der Waals surface area contributed by atoms with Gasteiger partial charge in [0.25, 0.3) is 0 Å². The van der Waals surface area contributed by atoms with Crippen LogP contribution in [0.4, 0.5) is 15.8 Å². The summed E-state index contributed by atoms with van der Waals surface area (Å²) in [5, 5.41) is 0.0864. The molecule has 17 heavy (non-hydrogen) atoms. The lowest BCUT2D eigenvalue weighted by Gasteiger charge is -2.33. The van der Waals surface area contributed by atoms with Crippen LogP contribution in [0.1, 0.15) is 32.1 Å². The summed E-state index contributed by atoms with van der Waals surface area (Å²) in [6.07, 6.45) is 6.09. The smallest absolute Gasteiger partial charge is 0.144 e. The van der Waals surface area contributed by atoms with Gasteiger partial charge in [0.05, 0.1) is 16.4 Å². The van der Waals surface area contributed by atoms with E-state index in [1.807, 2.05) is 7.05 Å². The maximum Gasteiger partial charge on any atom is 0.144 e. The molecular formula is C13H18ClFN2. The van der Waals surface area contributed by atoms with Gasteiger partial charge in [0.1, 0.15) is 5.82 Å². The molecule has 0 radical (unpaired) electrons. The van der Waals surface area contributed by atoms with Crippen molar-refractivity contribution >= 4 is 23.0 Å². The zero-order valence-corrected chi connectivity index (χ0v) is 10.8. The molecule has 1 aliphatic carbocycles. The van der Waals surface area contributed by atoms with E-state index in [0.717, 1.165) is 18.5 Å². The maximum atomic E-state index is 13.5. The molecule has 0 amide bonds. The minimum atomic E-state index is -0.404. The minimum Gasteiger partial charge on any atom is -0.397 e. The van der Waals surface area contributed by atoms with Crippen molar-refractivity contribution in [3.63, 3.8) is 0 Å². The lowest BCUT2D eigenvalue weighted by Crippen LogP contribution is -2.33. The standard InChI is InChI=1S/C13H18ClFN2/c1-17(9-5-3-2-4-6-9)13-8-11(15)10(14)7-12(13)16/h7-9H,2-6,16H2,1H3. The van der Waals surface area contributed by atoms with Gasteiger partial charge < -0.3 is 10.6 Å². The summed E-state index contributed by atoms with van der Waals surface area (Å²) in [6.45, 7) is 0. The largest absolute Gasteiger partial charge is 0.397 e. The second-order valence-electron chi connectivity index (χ2n) is 4.73. The molecular weight excluding hydrogens is 239 g/mol. The van der Waals surface area contributed by atoms with E-state index in [4.69, 9.17) is 17.3 Å². The first-order chi connectivity index (χ1) is 8.09. The molecule has 2 rings (SSSR count). The molecule has 2 N–H and O–H groups in total. The quantitative estimate of drug-likeness (QED) is 0.815. The minimum absolute atomic E-state index is 0.0864.